The number of likely N-dealkylation sites (N-methyl/N-ethyl adjacent to an activating group) is 1. The van der Waals surface area contributed by atoms with E-state index in [2.05, 4.69) is 19.2 Å². The van der Waals surface area contributed by atoms with Crippen molar-refractivity contribution in [3.05, 3.63) is 24.3 Å². The molecule has 1 aromatic carbocycles. The number of carbonyl (C=O) groups is 1. The van der Waals surface area contributed by atoms with Crippen LogP contribution in [0.15, 0.2) is 24.3 Å². The van der Waals surface area contributed by atoms with Crippen LogP contribution >= 0.6 is 0 Å². The van der Waals surface area contributed by atoms with E-state index in [1.807, 2.05) is 36.1 Å². The van der Waals surface area contributed by atoms with Crippen LogP contribution in [0.2, 0.25) is 0 Å². The number of nitrogen functional groups attached to an aromatic ring is 1. The minimum absolute atomic E-state index is 0.0578. The van der Waals surface area contributed by atoms with E-state index in [1.54, 1.807) is 0 Å². The second kappa shape index (κ2) is 6.89. The highest BCUT2D eigenvalue weighted by molar-refractivity contribution is 5.81. The van der Waals surface area contributed by atoms with Gasteiger partial charge in [0.05, 0.1) is 6.54 Å². The van der Waals surface area contributed by atoms with Crippen molar-refractivity contribution in [3.8, 4) is 0 Å². The number of anilines is 2. The molecule has 0 bridgehead atoms. The molecule has 0 aromatic heterocycles. The lowest BCUT2D eigenvalue weighted by atomic mass is 10.2. The summed E-state index contributed by atoms with van der Waals surface area (Å²) in [6.45, 7) is 8.09. The Morgan fingerprint density at radius 1 is 1.33 bits per heavy atom. The first-order valence-corrected chi connectivity index (χ1v) is 6.40. The summed E-state index contributed by atoms with van der Waals surface area (Å²) < 4.78 is 0. The SMILES string of the molecule is CCN(CC(=O)NCC(C)C)c1ccc(N)cc1. The van der Waals surface area contributed by atoms with Crippen molar-refractivity contribution in [3.63, 3.8) is 0 Å². The Hall–Kier alpha value is -1.71. The standard InChI is InChI=1S/C14H23N3O/c1-4-17(10-14(18)16-9-11(2)3)13-7-5-12(15)6-8-13/h5-8,11H,4,9-10,15H2,1-3H3,(H,16,18). The van der Waals surface area contributed by atoms with Gasteiger partial charge in [-0.1, -0.05) is 13.8 Å². The van der Waals surface area contributed by atoms with E-state index in [4.69, 9.17) is 5.73 Å². The smallest absolute Gasteiger partial charge is 0.239 e. The highest BCUT2D eigenvalue weighted by Crippen LogP contribution is 2.15. The lowest BCUT2D eigenvalue weighted by Gasteiger charge is -2.22. The largest absolute Gasteiger partial charge is 0.399 e. The molecule has 1 rings (SSSR count). The van der Waals surface area contributed by atoms with Crippen LogP contribution < -0.4 is 16.0 Å². The zero-order valence-electron chi connectivity index (χ0n) is 11.4. The van der Waals surface area contributed by atoms with E-state index < -0.39 is 0 Å². The van der Waals surface area contributed by atoms with Crippen molar-refractivity contribution in [2.75, 3.05) is 30.3 Å². The van der Waals surface area contributed by atoms with Crippen LogP contribution in [0.1, 0.15) is 20.8 Å². The molecule has 4 nitrogen and oxygen atoms in total. The maximum atomic E-state index is 11.8. The average molecular weight is 249 g/mol. The van der Waals surface area contributed by atoms with E-state index in [1.165, 1.54) is 0 Å². The summed E-state index contributed by atoms with van der Waals surface area (Å²) in [5.74, 6) is 0.530. The number of benzene rings is 1. The Morgan fingerprint density at radius 2 is 1.94 bits per heavy atom. The van der Waals surface area contributed by atoms with Gasteiger partial charge in [0.25, 0.3) is 0 Å². The molecule has 0 saturated carbocycles. The van der Waals surface area contributed by atoms with Gasteiger partial charge in [0, 0.05) is 24.5 Å². The third-order valence-corrected chi connectivity index (χ3v) is 2.68. The van der Waals surface area contributed by atoms with Crippen LogP contribution in [-0.2, 0) is 4.79 Å². The first-order valence-electron chi connectivity index (χ1n) is 6.40. The normalized spacial score (nSPS) is 10.4. The van der Waals surface area contributed by atoms with Crippen molar-refractivity contribution in [1.82, 2.24) is 5.32 Å². The van der Waals surface area contributed by atoms with E-state index in [0.29, 0.717) is 12.5 Å². The van der Waals surface area contributed by atoms with Gasteiger partial charge >= 0.3 is 0 Å². The molecular formula is C14H23N3O. The molecule has 0 heterocycles. The van der Waals surface area contributed by atoms with Gasteiger partial charge in [-0.3, -0.25) is 4.79 Å². The number of nitrogens with two attached hydrogens (primary N) is 1. The van der Waals surface area contributed by atoms with E-state index in [-0.39, 0.29) is 5.91 Å². The number of amides is 1. The summed E-state index contributed by atoms with van der Waals surface area (Å²) in [7, 11) is 0. The monoisotopic (exact) mass is 249 g/mol. The average Bonchev–Trinajstić information content (AvgIpc) is 2.34. The fourth-order valence-electron chi connectivity index (χ4n) is 1.62. The molecule has 0 saturated heterocycles. The number of rotatable bonds is 6. The van der Waals surface area contributed by atoms with Gasteiger partial charge in [-0.05, 0) is 37.1 Å². The second-order valence-electron chi connectivity index (χ2n) is 4.80. The first kappa shape index (κ1) is 14.4. The predicted octanol–water partition coefficient (Wildman–Crippen LogP) is 1.87. The molecule has 18 heavy (non-hydrogen) atoms. The third kappa shape index (κ3) is 4.65. The number of hydrogen-bond donors (Lipinski definition) is 2. The highest BCUT2D eigenvalue weighted by atomic mass is 16.2. The lowest BCUT2D eigenvalue weighted by molar-refractivity contribution is -0.119. The summed E-state index contributed by atoms with van der Waals surface area (Å²) in [5, 5.41) is 2.92. The molecule has 1 amide bonds. The van der Waals surface area contributed by atoms with Gasteiger partial charge in [0.1, 0.15) is 0 Å². The van der Waals surface area contributed by atoms with E-state index in [0.717, 1.165) is 24.5 Å². The van der Waals surface area contributed by atoms with Gasteiger partial charge in [-0.15, -0.1) is 0 Å². The molecule has 0 aliphatic heterocycles. The lowest BCUT2D eigenvalue weighted by Crippen LogP contribution is -2.38. The van der Waals surface area contributed by atoms with E-state index >= 15 is 0 Å². The van der Waals surface area contributed by atoms with E-state index in [9.17, 15) is 4.79 Å². The molecule has 100 valence electrons. The van der Waals surface area contributed by atoms with Crippen molar-refractivity contribution < 1.29 is 4.79 Å². The number of hydrogen-bond acceptors (Lipinski definition) is 3. The molecule has 0 aliphatic rings. The zero-order valence-corrected chi connectivity index (χ0v) is 11.4. The van der Waals surface area contributed by atoms with Gasteiger partial charge in [-0.2, -0.15) is 0 Å². The van der Waals surface area contributed by atoms with Gasteiger partial charge in [0.15, 0.2) is 0 Å². The fourth-order valence-corrected chi connectivity index (χ4v) is 1.62. The van der Waals surface area contributed by atoms with Crippen LogP contribution in [0.3, 0.4) is 0 Å². The first-order chi connectivity index (χ1) is 8.52. The molecular weight excluding hydrogens is 226 g/mol. The summed E-state index contributed by atoms with van der Waals surface area (Å²) in [5.41, 5.74) is 7.41. The Kier molecular flexibility index (Phi) is 5.49. The predicted molar refractivity (Wildman–Crippen MR) is 76.6 cm³/mol. The summed E-state index contributed by atoms with van der Waals surface area (Å²) >= 11 is 0. The molecule has 0 unspecified atom stereocenters. The van der Waals surface area contributed by atoms with Crippen molar-refractivity contribution in [2.45, 2.75) is 20.8 Å². The molecule has 3 N–H and O–H groups in total. The molecule has 1 aromatic rings. The molecule has 4 heteroatoms. The molecule has 0 radical (unpaired) electrons. The van der Waals surface area contributed by atoms with Crippen LogP contribution in [0.4, 0.5) is 11.4 Å². The molecule has 0 atom stereocenters. The van der Waals surface area contributed by atoms with Crippen LogP contribution in [-0.4, -0.2) is 25.5 Å². The summed E-state index contributed by atoms with van der Waals surface area (Å²) in [4.78, 5) is 13.8. The quantitative estimate of drug-likeness (QED) is 0.757. The number of carbonyl (C=O) groups excluding carboxylic acids is 1. The van der Waals surface area contributed by atoms with Crippen molar-refractivity contribution in [1.29, 1.82) is 0 Å². The topological polar surface area (TPSA) is 58.4 Å². The van der Waals surface area contributed by atoms with Crippen molar-refractivity contribution >= 4 is 17.3 Å². The van der Waals surface area contributed by atoms with Crippen molar-refractivity contribution in [2.24, 2.45) is 5.92 Å². The maximum absolute atomic E-state index is 11.8. The summed E-state index contributed by atoms with van der Waals surface area (Å²) in [6.07, 6.45) is 0. The zero-order chi connectivity index (χ0) is 13.5. The minimum atomic E-state index is 0.0578. The Bertz CT molecular complexity index is 373. The third-order valence-electron chi connectivity index (χ3n) is 2.68. The Labute approximate surface area is 109 Å². The van der Waals surface area contributed by atoms with Gasteiger partial charge in [0.2, 0.25) is 5.91 Å². The maximum Gasteiger partial charge on any atom is 0.239 e. The fraction of sp³-hybridized carbons (Fsp3) is 0.500. The molecule has 0 aliphatic carbocycles. The van der Waals surface area contributed by atoms with Crippen LogP contribution in [0.25, 0.3) is 0 Å². The van der Waals surface area contributed by atoms with Gasteiger partial charge in [-0.25, -0.2) is 0 Å². The molecule has 0 fully saturated rings. The molecule has 0 spiro atoms. The van der Waals surface area contributed by atoms with Gasteiger partial charge < -0.3 is 16.0 Å². The summed E-state index contributed by atoms with van der Waals surface area (Å²) in [6, 6.07) is 7.58. The number of nitrogens with one attached hydrogen (secondary N) is 1. The second-order valence-corrected chi connectivity index (χ2v) is 4.80. The van der Waals surface area contributed by atoms with Crippen LogP contribution in [0.5, 0.6) is 0 Å². The Balaban J connectivity index is 2.56. The van der Waals surface area contributed by atoms with Crippen LogP contribution in [0, 0.1) is 5.92 Å². The highest BCUT2D eigenvalue weighted by Gasteiger charge is 2.09. The Morgan fingerprint density at radius 3 is 2.44 bits per heavy atom. The number of nitrogens with zero attached hydrogens (tertiary/aromatic N) is 1. The minimum Gasteiger partial charge on any atom is -0.399 e.